The Morgan fingerprint density at radius 2 is 2.10 bits per heavy atom. The predicted molar refractivity (Wildman–Crippen MR) is 79.8 cm³/mol. The van der Waals surface area contributed by atoms with Crippen LogP contribution in [0.2, 0.25) is 0 Å². The molecule has 2 atom stereocenters. The van der Waals surface area contributed by atoms with E-state index in [-0.39, 0.29) is 24.1 Å². The second kappa shape index (κ2) is 6.22. The highest BCUT2D eigenvalue weighted by Gasteiger charge is 2.35. The summed E-state index contributed by atoms with van der Waals surface area (Å²) in [6.45, 7) is 7.48. The van der Waals surface area contributed by atoms with Crippen molar-refractivity contribution < 1.29 is 14.3 Å². The zero-order valence-electron chi connectivity index (χ0n) is 13.3. The van der Waals surface area contributed by atoms with Crippen LogP contribution < -0.4 is 5.73 Å². The molecule has 2 heterocycles. The van der Waals surface area contributed by atoms with Crippen molar-refractivity contribution in [2.45, 2.75) is 64.1 Å². The molecule has 2 N–H and O–H groups in total. The smallest absolute Gasteiger partial charge is 0.410 e. The number of amides is 2. The van der Waals surface area contributed by atoms with Crippen LogP contribution in [-0.2, 0) is 9.53 Å². The molecule has 2 aliphatic rings. The van der Waals surface area contributed by atoms with Gasteiger partial charge in [-0.25, -0.2) is 4.79 Å². The molecule has 21 heavy (non-hydrogen) atoms. The Hall–Kier alpha value is -1.30. The molecule has 120 valence electrons. The van der Waals surface area contributed by atoms with Crippen LogP contribution in [-0.4, -0.2) is 59.1 Å². The Kier molecular flexibility index (Phi) is 4.76. The Morgan fingerprint density at radius 1 is 1.38 bits per heavy atom. The van der Waals surface area contributed by atoms with Crippen LogP contribution in [0.1, 0.15) is 46.5 Å². The number of piperidine rings is 1. The third-order valence-electron chi connectivity index (χ3n) is 3.93. The van der Waals surface area contributed by atoms with Crippen molar-refractivity contribution >= 4 is 12.0 Å². The largest absolute Gasteiger partial charge is 0.444 e. The number of hydrogen-bond donors (Lipinski definition) is 1. The molecule has 0 aliphatic carbocycles. The number of nitrogens with zero attached hydrogens (tertiary/aromatic N) is 2. The van der Waals surface area contributed by atoms with Gasteiger partial charge in [-0.15, -0.1) is 0 Å². The van der Waals surface area contributed by atoms with E-state index in [2.05, 4.69) is 0 Å². The maximum absolute atomic E-state index is 12.3. The summed E-state index contributed by atoms with van der Waals surface area (Å²) >= 11 is 0. The molecule has 2 rings (SSSR count). The number of carbonyl (C=O) groups excluding carboxylic acids is 2. The molecule has 0 radical (unpaired) electrons. The highest BCUT2D eigenvalue weighted by molar-refractivity contribution is 5.79. The number of hydrogen-bond acceptors (Lipinski definition) is 4. The molecule has 0 spiro atoms. The summed E-state index contributed by atoms with van der Waals surface area (Å²) in [6.07, 6.45) is 3.13. The molecule has 0 aromatic heterocycles. The van der Waals surface area contributed by atoms with E-state index in [0.717, 1.165) is 19.3 Å². The summed E-state index contributed by atoms with van der Waals surface area (Å²) in [5.41, 5.74) is 5.34. The van der Waals surface area contributed by atoms with E-state index in [1.807, 2.05) is 20.8 Å². The molecule has 2 amide bonds. The average molecular weight is 297 g/mol. The van der Waals surface area contributed by atoms with Gasteiger partial charge in [-0.2, -0.15) is 0 Å². The number of likely N-dealkylation sites (tertiary alicyclic amines) is 2. The van der Waals surface area contributed by atoms with Gasteiger partial charge in [0.25, 0.3) is 0 Å². The summed E-state index contributed by atoms with van der Waals surface area (Å²) in [5.74, 6) is 0.0946. The van der Waals surface area contributed by atoms with Gasteiger partial charge in [-0.05, 0) is 40.0 Å². The molecule has 2 fully saturated rings. The zero-order valence-corrected chi connectivity index (χ0v) is 13.3. The first-order chi connectivity index (χ1) is 9.76. The topological polar surface area (TPSA) is 75.9 Å². The first kappa shape index (κ1) is 16.1. The van der Waals surface area contributed by atoms with E-state index >= 15 is 0 Å². The molecule has 0 saturated carbocycles. The molecule has 6 heteroatoms. The van der Waals surface area contributed by atoms with Crippen molar-refractivity contribution in [2.75, 3.05) is 19.6 Å². The minimum atomic E-state index is -0.495. The first-order valence-electron chi connectivity index (χ1n) is 7.79. The molecule has 2 unspecified atom stereocenters. The molecule has 0 aromatic rings. The lowest BCUT2D eigenvalue weighted by Crippen LogP contribution is -2.51. The van der Waals surface area contributed by atoms with Crippen LogP contribution in [0.25, 0.3) is 0 Å². The van der Waals surface area contributed by atoms with E-state index in [4.69, 9.17) is 10.5 Å². The van der Waals surface area contributed by atoms with Gasteiger partial charge in [-0.3, -0.25) is 4.79 Å². The van der Waals surface area contributed by atoms with Gasteiger partial charge in [0.15, 0.2) is 0 Å². The quantitative estimate of drug-likeness (QED) is 0.834. The van der Waals surface area contributed by atoms with Gasteiger partial charge in [0, 0.05) is 32.1 Å². The van der Waals surface area contributed by atoms with Crippen molar-refractivity contribution in [1.82, 2.24) is 9.80 Å². The fourth-order valence-corrected chi connectivity index (χ4v) is 2.98. The van der Waals surface area contributed by atoms with Crippen LogP contribution in [0.15, 0.2) is 0 Å². The summed E-state index contributed by atoms with van der Waals surface area (Å²) in [5, 5.41) is 0. The van der Waals surface area contributed by atoms with Gasteiger partial charge < -0.3 is 20.3 Å². The van der Waals surface area contributed by atoms with E-state index in [1.165, 1.54) is 0 Å². The second-order valence-electron chi connectivity index (χ2n) is 7.09. The van der Waals surface area contributed by atoms with E-state index in [1.54, 1.807) is 9.80 Å². The van der Waals surface area contributed by atoms with Crippen molar-refractivity contribution in [2.24, 2.45) is 5.73 Å². The minimum absolute atomic E-state index is 0.0443. The molecule has 2 saturated heterocycles. The normalized spacial score (nSPS) is 27.1. The highest BCUT2D eigenvalue weighted by atomic mass is 16.6. The standard InChI is InChI=1S/C15H27N3O3/c1-15(2,3)21-14(20)18-7-5-4-6-12(18)10-17-9-11(16)8-13(17)19/h11-12H,4-10,16H2,1-3H3. The molecule has 0 aromatic carbocycles. The number of carbonyl (C=O) groups is 2. The van der Waals surface area contributed by atoms with Crippen LogP contribution in [0.4, 0.5) is 4.79 Å². The van der Waals surface area contributed by atoms with Crippen molar-refractivity contribution in [3.8, 4) is 0 Å². The molecular weight excluding hydrogens is 270 g/mol. The Bertz CT molecular complexity index is 405. The van der Waals surface area contributed by atoms with Crippen molar-refractivity contribution in [3.63, 3.8) is 0 Å². The monoisotopic (exact) mass is 297 g/mol. The Balaban J connectivity index is 1.98. The van der Waals surface area contributed by atoms with Gasteiger partial charge in [0.1, 0.15) is 5.60 Å². The van der Waals surface area contributed by atoms with Crippen molar-refractivity contribution in [1.29, 1.82) is 0 Å². The number of nitrogens with two attached hydrogens (primary N) is 1. The third kappa shape index (κ3) is 4.33. The summed E-state index contributed by atoms with van der Waals surface area (Å²) in [6, 6.07) is -0.0288. The lowest BCUT2D eigenvalue weighted by Gasteiger charge is -2.38. The predicted octanol–water partition coefficient (Wildman–Crippen LogP) is 1.34. The number of rotatable bonds is 2. The van der Waals surface area contributed by atoms with Crippen molar-refractivity contribution in [3.05, 3.63) is 0 Å². The van der Waals surface area contributed by atoms with Crippen LogP contribution in [0.5, 0.6) is 0 Å². The molecule has 0 bridgehead atoms. The SMILES string of the molecule is CC(C)(C)OC(=O)N1CCCCC1CN1CC(N)CC1=O. The van der Waals surface area contributed by atoms with Gasteiger partial charge in [-0.1, -0.05) is 0 Å². The highest BCUT2D eigenvalue weighted by Crippen LogP contribution is 2.22. The summed E-state index contributed by atoms with van der Waals surface area (Å²) in [4.78, 5) is 27.8. The molecule has 2 aliphatic heterocycles. The van der Waals surface area contributed by atoms with Gasteiger partial charge in [0.2, 0.25) is 5.91 Å². The number of ether oxygens (including phenoxy) is 1. The lowest BCUT2D eigenvalue weighted by atomic mass is 10.0. The Morgan fingerprint density at radius 3 is 2.67 bits per heavy atom. The summed E-state index contributed by atoms with van der Waals surface area (Å²) < 4.78 is 5.48. The fourth-order valence-electron chi connectivity index (χ4n) is 2.98. The van der Waals surface area contributed by atoms with E-state index in [9.17, 15) is 9.59 Å². The summed E-state index contributed by atoms with van der Waals surface area (Å²) in [7, 11) is 0. The minimum Gasteiger partial charge on any atom is -0.444 e. The van der Waals surface area contributed by atoms with E-state index in [0.29, 0.717) is 26.1 Å². The Labute approximate surface area is 126 Å². The fraction of sp³-hybridized carbons (Fsp3) is 0.867. The van der Waals surface area contributed by atoms with Gasteiger partial charge >= 0.3 is 6.09 Å². The first-order valence-corrected chi connectivity index (χ1v) is 7.79. The maximum atomic E-state index is 12.3. The second-order valence-corrected chi connectivity index (χ2v) is 7.09. The van der Waals surface area contributed by atoms with Gasteiger partial charge in [0.05, 0.1) is 6.04 Å². The van der Waals surface area contributed by atoms with Crippen LogP contribution >= 0.6 is 0 Å². The molecular formula is C15H27N3O3. The van der Waals surface area contributed by atoms with E-state index < -0.39 is 5.60 Å². The van der Waals surface area contributed by atoms with Crippen LogP contribution in [0, 0.1) is 0 Å². The third-order valence-corrected chi connectivity index (χ3v) is 3.93. The average Bonchev–Trinajstić information content (AvgIpc) is 2.66. The molecule has 6 nitrogen and oxygen atoms in total. The van der Waals surface area contributed by atoms with Crippen LogP contribution in [0.3, 0.4) is 0 Å². The lowest BCUT2D eigenvalue weighted by molar-refractivity contribution is -0.128. The zero-order chi connectivity index (χ0) is 15.6. The maximum Gasteiger partial charge on any atom is 0.410 e.